The number of furan rings is 1. The molecule has 1 N–H and O–H groups in total. The topological polar surface area (TPSA) is 60.2 Å². The molecule has 0 fully saturated rings. The number of fused-ring (bicyclic) bond motifs is 3. The van der Waals surface area contributed by atoms with Crippen molar-refractivity contribution in [3.63, 3.8) is 0 Å². The summed E-state index contributed by atoms with van der Waals surface area (Å²) < 4.78 is 11.6. The maximum atomic E-state index is 6.11. The number of ether oxygens (including phenoxy) is 1. The van der Waals surface area contributed by atoms with Gasteiger partial charge in [-0.1, -0.05) is 60.7 Å². The molecule has 0 spiro atoms. The van der Waals surface area contributed by atoms with Gasteiger partial charge in [-0.2, -0.15) is 0 Å². The van der Waals surface area contributed by atoms with Crippen LogP contribution in [0.5, 0.6) is 5.75 Å². The summed E-state index contributed by atoms with van der Waals surface area (Å²) in [6.45, 7) is 0.692. The van der Waals surface area contributed by atoms with Crippen LogP contribution in [0.4, 0.5) is 5.82 Å². The maximum absolute atomic E-state index is 6.11. The number of benzene rings is 3. The van der Waals surface area contributed by atoms with Gasteiger partial charge in [-0.15, -0.1) is 0 Å². The van der Waals surface area contributed by atoms with E-state index in [1.54, 1.807) is 7.11 Å². The van der Waals surface area contributed by atoms with Crippen molar-refractivity contribution in [3.05, 3.63) is 84.4 Å². The van der Waals surface area contributed by atoms with E-state index in [0.717, 1.165) is 39.8 Å². The third-order valence-corrected chi connectivity index (χ3v) is 5.13. The van der Waals surface area contributed by atoms with E-state index < -0.39 is 0 Å². The largest absolute Gasteiger partial charge is 0.496 e. The minimum atomic E-state index is 0.675. The van der Waals surface area contributed by atoms with Crippen LogP contribution in [-0.2, 0) is 6.42 Å². The molecule has 0 saturated heterocycles. The van der Waals surface area contributed by atoms with Crippen molar-refractivity contribution in [3.8, 4) is 17.1 Å². The molecule has 30 heavy (non-hydrogen) atoms. The van der Waals surface area contributed by atoms with Crippen LogP contribution < -0.4 is 10.1 Å². The molecule has 0 bridgehead atoms. The lowest BCUT2D eigenvalue weighted by Gasteiger charge is -2.10. The predicted octanol–water partition coefficient (Wildman–Crippen LogP) is 5.71. The van der Waals surface area contributed by atoms with E-state index in [9.17, 15) is 0 Å². The number of nitrogens with zero attached hydrogens (tertiary/aromatic N) is 2. The number of anilines is 1. The van der Waals surface area contributed by atoms with Gasteiger partial charge in [0.2, 0.25) is 0 Å². The first-order valence-corrected chi connectivity index (χ1v) is 9.94. The van der Waals surface area contributed by atoms with E-state index in [4.69, 9.17) is 19.1 Å². The number of hydrogen-bond acceptors (Lipinski definition) is 5. The highest BCUT2D eigenvalue weighted by Gasteiger charge is 2.16. The fourth-order valence-corrected chi connectivity index (χ4v) is 3.65. The van der Waals surface area contributed by atoms with Gasteiger partial charge in [0.25, 0.3) is 0 Å². The van der Waals surface area contributed by atoms with Crippen LogP contribution in [0.2, 0.25) is 0 Å². The summed E-state index contributed by atoms with van der Waals surface area (Å²) in [4.78, 5) is 9.62. The molecule has 0 aliphatic rings. The third-order valence-electron chi connectivity index (χ3n) is 5.13. The molecule has 0 aliphatic carbocycles. The standard InChI is InChI=1S/C25H21N3O2/c1-29-20-13-7-5-9-17(20)15-16-26-25-23-22(19-12-6-8-14-21(19)30-23)27-24(28-25)18-10-3-2-4-11-18/h2-14H,15-16H2,1H3,(H,26,27,28). The van der Waals surface area contributed by atoms with Gasteiger partial charge in [-0.25, -0.2) is 9.97 Å². The minimum absolute atomic E-state index is 0.675. The van der Waals surface area contributed by atoms with Crippen LogP contribution in [0.3, 0.4) is 0 Å². The Hall–Kier alpha value is -3.86. The summed E-state index contributed by atoms with van der Waals surface area (Å²) in [6, 6.07) is 26.0. The Morgan fingerprint density at radius 3 is 2.50 bits per heavy atom. The normalized spacial score (nSPS) is 11.1. The molecule has 5 heteroatoms. The second-order valence-corrected chi connectivity index (χ2v) is 7.03. The van der Waals surface area contributed by atoms with E-state index in [1.165, 1.54) is 0 Å². The number of nitrogens with one attached hydrogen (secondary N) is 1. The molecule has 0 atom stereocenters. The molecule has 5 nitrogen and oxygen atoms in total. The van der Waals surface area contributed by atoms with E-state index in [1.807, 2.05) is 72.8 Å². The van der Waals surface area contributed by atoms with Crippen LogP contribution >= 0.6 is 0 Å². The highest BCUT2D eigenvalue weighted by Crippen LogP contribution is 2.33. The van der Waals surface area contributed by atoms with Gasteiger partial charge < -0.3 is 14.5 Å². The van der Waals surface area contributed by atoms with Crippen molar-refractivity contribution >= 4 is 27.9 Å². The summed E-state index contributed by atoms with van der Waals surface area (Å²) in [5, 5.41) is 4.44. The molecule has 0 radical (unpaired) electrons. The second-order valence-electron chi connectivity index (χ2n) is 7.03. The number of aromatic nitrogens is 2. The first kappa shape index (κ1) is 18.2. The van der Waals surface area contributed by atoms with Gasteiger partial charge in [0.1, 0.15) is 16.8 Å². The van der Waals surface area contributed by atoms with Crippen molar-refractivity contribution < 1.29 is 9.15 Å². The lowest BCUT2D eigenvalue weighted by atomic mass is 10.1. The Morgan fingerprint density at radius 2 is 1.63 bits per heavy atom. The molecule has 0 amide bonds. The summed E-state index contributed by atoms with van der Waals surface area (Å²) in [6.07, 6.45) is 0.802. The molecule has 3 aromatic carbocycles. The number of methoxy groups -OCH3 is 1. The zero-order valence-electron chi connectivity index (χ0n) is 16.6. The van der Waals surface area contributed by atoms with Crippen molar-refractivity contribution in [1.82, 2.24) is 9.97 Å². The SMILES string of the molecule is COc1ccccc1CCNc1nc(-c2ccccc2)nc2c1oc1ccccc12. The molecule has 0 unspecified atom stereocenters. The molecule has 5 aromatic rings. The van der Waals surface area contributed by atoms with Crippen LogP contribution in [0.1, 0.15) is 5.56 Å². The zero-order valence-corrected chi connectivity index (χ0v) is 16.6. The van der Waals surface area contributed by atoms with E-state index in [-0.39, 0.29) is 0 Å². The summed E-state index contributed by atoms with van der Waals surface area (Å²) >= 11 is 0. The quantitative estimate of drug-likeness (QED) is 0.399. The van der Waals surface area contributed by atoms with Crippen molar-refractivity contribution in [2.75, 3.05) is 19.0 Å². The fraction of sp³-hybridized carbons (Fsp3) is 0.120. The highest BCUT2D eigenvalue weighted by atomic mass is 16.5. The Morgan fingerprint density at radius 1 is 0.867 bits per heavy atom. The highest BCUT2D eigenvalue weighted by molar-refractivity contribution is 6.06. The number of hydrogen-bond donors (Lipinski definition) is 1. The molecule has 2 heterocycles. The Kier molecular flexibility index (Phi) is 4.77. The summed E-state index contributed by atoms with van der Waals surface area (Å²) in [7, 11) is 1.70. The van der Waals surface area contributed by atoms with Gasteiger partial charge in [0.05, 0.1) is 7.11 Å². The Bertz CT molecular complexity index is 1310. The smallest absolute Gasteiger partial charge is 0.196 e. The van der Waals surface area contributed by atoms with Gasteiger partial charge >= 0.3 is 0 Å². The molecular weight excluding hydrogens is 374 g/mol. The van der Waals surface area contributed by atoms with Crippen molar-refractivity contribution in [1.29, 1.82) is 0 Å². The van der Waals surface area contributed by atoms with Crippen LogP contribution in [0.15, 0.2) is 83.3 Å². The van der Waals surface area contributed by atoms with Crippen LogP contribution in [0.25, 0.3) is 33.5 Å². The Labute approximate surface area is 174 Å². The molecule has 2 aromatic heterocycles. The first-order chi connectivity index (χ1) is 14.8. The second kappa shape index (κ2) is 7.87. The van der Waals surface area contributed by atoms with Gasteiger partial charge in [-0.3, -0.25) is 0 Å². The molecular formula is C25H21N3O2. The Balaban J connectivity index is 1.54. The summed E-state index contributed by atoms with van der Waals surface area (Å²) in [5.74, 6) is 2.26. The lowest BCUT2D eigenvalue weighted by Crippen LogP contribution is -2.08. The van der Waals surface area contributed by atoms with Gasteiger partial charge in [-0.05, 0) is 30.2 Å². The first-order valence-electron chi connectivity index (χ1n) is 9.94. The maximum Gasteiger partial charge on any atom is 0.196 e. The van der Waals surface area contributed by atoms with Crippen molar-refractivity contribution in [2.24, 2.45) is 0 Å². The van der Waals surface area contributed by atoms with E-state index >= 15 is 0 Å². The minimum Gasteiger partial charge on any atom is -0.496 e. The lowest BCUT2D eigenvalue weighted by molar-refractivity contribution is 0.410. The molecule has 5 rings (SSSR count). The average molecular weight is 395 g/mol. The van der Waals surface area contributed by atoms with Gasteiger partial charge in [0, 0.05) is 17.5 Å². The average Bonchev–Trinajstić information content (AvgIpc) is 3.19. The monoisotopic (exact) mass is 395 g/mol. The molecule has 0 saturated carbocycles. The van der Waals surface area contributed by atoms with Crippen molar-refractivity contribution in [2.45, 2.75) is 6.42 Å². The van der Waals surface area contributed by atoms with Gasteiger partial charge in [0.15, 0.2) is 17.2 Å². The van der Waals surface area contributed by atoms with Crippen LogP contribution in [0, 0.1) is 0 Å². The summed E-state index contributed by atoms with van der Waals surface area (Å²) in [5.41, 5.74) is 4.41. The number of para-hydroxylation sites is 2. The van der Waals surface area contributed by atoms with E-state index in [0.29, 0.717) is 23.8 Å². The predicted molar refractivity (Wildman–Crippen MR) is 120 cm³/mol. The zero-order chi connectivity index (χ0) is 20.3. The third kappa shape index (κ3) is 3.35. The molecule has 0 aliphatic heterocycles. The molecule has 148 valence electrons. The van der Waals surface area contributed by atoms with E-state index in [2.05, 4.69) is 11.4 Å². The fourth-order valence-electron chi connectivity index (χ4n) is 3.65. The number of rotatable bonds is 6. The van der Waals surface area contributed by atoms with Crippen LogP contribution in [-0.4, -0.2) is 23.6 Å².